The van der Waals surface area contributed by atoms with Crippen LogP contribution in [-0.4, -0.2) is 23.0 Å². The lowest BCUT2D eigenvalue weighted by Crippen LogP contribution is -2.42. The van der Waals surface area contributed by atoms with Gasteiger partial charge in [-0.1, -0.05) is 93.6 Å². The second kappa shape index (κ2) is 8.46. The molecule has 1 atom stereocenters. The first-order chi connectivity index (χ1) is 15.2. The SMILES string of the molecule is CC(C)(C)c1ccc(C[C@@H](NC(=O)c2c3ccccc3cc3ccccc23)C(=O)O)cc1. The van der Waals surface area contributed by atoms with Gasteiger partial charge in [-0.2, -0.15) is 0 Å². The van der Waals surface area contributed by atoms with Gasteiger partial charge in [-0.3, -0.25) is 4.79 Å². The van der Waals surface area contributed by atoms with Crippen LogP contribution in [0.5, 0.6) is 0 Å². The third kappa shape index (κ3) is 4.35. The fourth-order valence-electron chi connectivity index (χ4n) is 4.07. The minimum atomic E-state index is -1.05. The average Bonchev–Trinajstić information content (AvgIpc) is 2.76. The molecule has 4 aromatic rings. The number of carboxylic acids is 1. The fraction of sp³-hybridized carbons (Fsp3) is 0.214. The van der Waals surface area contributed by atoms with E-state index in [2.05, 4.69) is 26.1 Å². The molecule has 0 fully saturated rings. The summed E-state index contributed by atoms with van der Waals surface area (Å²) in [5.41, 5.74) is 2.58. The van der Waals surface area contributed by atoms with E-state index in [4.69, 9.17) is 0 Å². The summed E-state index contributed by atoms with van der Waals surface area (Å²) in [5, 5.41) is 16.1. The Morgan fingerprint density at radius 3 is 1.88 bits per heavy atom. The van der Waals surface area contributed by atoms with Crippen LogP contribution in [-0.2, 0) is 16.6 Å². The van der Waals surface area contributed by atoms with Crippen molar-refractivity contribution in [3.8, 4) is 0 Å². The molecule has 32 heavy (non-hydrogen) atoms. The van der Waals surface area contributed by atoms with Crippen molar-refractivity contribution in [1.82, 2.24) is 5.32 Å². The lowest BCUT2D eigenvalue weighted by molar-refractivity contribution is -0.139. The predicted molar refractivity (Wildman–Crippen MR) is 129 cm³/mol. The quantitative estimate of drug-likeness (QED) is 0.402. The third-order valence-electron chi connectivity index (χ3n) is 5.86. The second-order valence-corrected chi connectivity index (χ2v) is 9.21. The number of carbonyl (C=O) groups is 2. The molecule has 4 nitrogen and oxygen atoms in total. The van der Waals surface area contributed by atoms with Gasteiger partial charge in [-0.05, 0) is 44.2 Å². The van der Waals surface area contributed by atoms with Gasteiger partial charge in [0.05, 0.1) is 5.56 Å². The molecule has 4 heteroatoms. The summed E-state index contributed by atoms with van der Waals surface area (Å²) in [6.07, 6.45) is 0.216. The smallest absolute Gasteiger partial charge is 0.326 e. The van der Waals surface area contributed by atoms with Crippen LogP contribution in [0.1, 0.15) is 42.3 Å². The van der Waals surface area contributed by atoms with E-state index in [1.54, 1.807) is 0 Å². The molecule has 0 bridgehead atoms. The summed E-state index contributed by atoms with van der Waals surface area (Å²) in [6.45, 7) is 6.41. The number of fused-ring (bicyclic) bond motifs is 2. The van der Waals surface area contributed by atoms with Gasteiger partial charge in [0.25, 0.3) is 5.91 Å². The minimum absolute atomic E-state index is 0.0222. The first kappa shape index (κ1) is 21.6. The molecule has 0 heterocycles. The molecular formula is C28H27NO3. The molecule has 0 saturated heterocycles. The number of rotatable bonds is 5. The van der Waals surface area contributed by atoms with E-state index in [-0.39, 0.29) is 17.7 Å². The highest BCUT2D eigenvalue weighted by atomic mass is 16.4. The number of nitrogens with one attached hydrogen (secondary N) is 1. The fourth-order valence-corrected chi connectivity index (χ4v) is 4.07. The monoisotopic (exact) mass is 425 g/mol. The van der Waals surface area contributed by atoms with Crippen LogP contribution in [0.4, 0.5) is 0 Å². The second-order valence-electron chi connectivity index (χ2n) is 9.21. The van der Waals surface area contributed by atoms with Gasteiger partial charge in [-0.15, -0.1) is 0 Å². The summed E-state index contributed by atoms with van der Waals surface area (Å²) in [5.74, 6) is -1.43. The summed E-state index contributed by atoms with van der Waals surface area (Å²) in [6, 6.07) is 24.3. The lowest BCUT2D eigenvalue weighted by atomic mass is 9.86. The predicted octanol–water partition coefficient (Wildman–Crippen LogP) is 5.72. The van der Waals surface area contributed by atoms with Gasteiger partial charge in [-0.25, -0.2) is 4.79 Å². The van der Waals surface area contributed by atoms with E-state index in [9.17, 15) is 14.7 Å². The van der Waals surface area contributed by atoms with Gasteiger partial charge in [0.2, 0.25) is 0 Å². The Bertz CT molecular complexity index is 1250. The van der Waals surface area contributed by atoms with Crippen LogP contribution < -0.4 is 5.32 Å². The van der Waals surface area contributed by atoms with Gasteiger partial charge in [0.1, 0.15) is 6.04 Å². The summed E-state index contributed by atoms with van der Waals surface area (Å²) < 4.78 is 0. The van der Waals surface area contributed by atoms with Crippen molar-refractivity contribution in [2.45, 2.75) is 38.6 Å². The van der Waals surface area contributed by atoms with E-state index in [0.717, 1.165) is 27.1 Å². The standard InChI is InChI=1S/C28H27NO3/c1-28(2,3)21-14-12-18(13-15-21)16-24(27(31)32)29-26(30)25-22-10-6-4-8-19(22)17-20-9-5-7-11-23(20)25/h4-15,17,24H,16H2,1-3H3,(H,29,30)(H,31,32)/t24-/m1/s1. The largest absolute Gasteiger partial charge is 0.480 e. The molecule has 0 radical (unpaired) electrons. The molecule has 0 spiro atoms. The molecule has 0 aliphatic carbocycles. The zero-order valence-electron chi connectivity index (χ0n) is 18.6. The van der Waals surface area contributed by atoms with Crippen LogP contribution in [0.3, 0.4) is 0 Å². The van der Waals surface area contributed by atoms with E-state index in [1.807, 2.05) is 78.9 Å². The molecule has 1 amide bonds. The highest BCUT2D eigenvalue weighted by Gasteiger charge is 2.24. The molecular weight excluding hydrogens is 398 g/mol. The maximum atomic E-state index is 13.4. The number of aliphatic carboxylic acids is 1. The van der Waals surface area contributed by atoms with Crippen molar-refractivity contribution in [2.24, 2.45) is 0 Å². The van der Waals surface area contributed by atoms with Crippen molar-refractivity contribution < 1.29 is 14.7 Å². The molecule has 0 aromatic heterocycles. The lowest BCUT2D eigenvalue weighted by Gasteiger charge is -2.20. The van der Waals surface area contributed by atoms with Crippen LogP contribution in [0.25, 0.3) is 21.5 Å². The zero-order chi connectivity index (χ0) is 22.9. The molecule has 2 N–H and O–H groups in total. The van der Waals surface area contributed by atoms with Crippen LogP contribution >= 0.6 is 0 Å². The Balaban J connectivity index is 1.66. The molecule has 0 saturated carbocycles. The van der Waals surface area contributed by atoms with Crippen molar-refractivity contribution in [3.63, 3.8) is 0 Å². The van der Waals surface area contributed by atoms with Crippen LogP contribution in [0.2, 0.25) is 0 Å². The average molecular weight is 426 g/mol. The number of carbonyl (C=O) groups excluding carboxylic acids is 1. The molecule has 0 aliphatic rings. The maximum Gasteiger partial charge on any atom is 0.326 e. The van der Waals surface area contributed by atoms with E-state index >= 15 is 0 Å². The third-order valence-corrected chi connectivity index (χ3v) is 5.86. The van der Waals surface area contributed by atoms with E-state index in [1.165, 1.54) is 5.56 Å². The zero-order valence-corrected chi connectivity index (χ0v) is 18.6. The Morgan fingerprint density at radius 1 is 0.844 bits per heavy atom. The summed E-state index contributed by atoms with van der Waals surface area (Å²) in [4.78, 5) is 25.4. The molecule has 4 aromatic carbocycles. The highest BCUT2D eigenvalue weighted by molar-refractivity contribution is 6.18. The molecule has 0 aliphatic heterocycles. The van der Waals surface area contributed by atoms with Crippen LogP contribution in [0.15, 0.2) is 78.9 Å². The van der Waals surface area contributed by atoms with E-state index < -0.39 is 12.0 Å². The minimum Gasteiger partial charge on any atom is -0.480 e. The van der Waals surface area contributed by atoms with Crippen molar-refractivity contribution in [1.29, 1.82) is 0 Å². The summed E-state index contributed by atoms with van der Waals surface area (Å²) >= 11 is 0. The Morgan fingerprint density at radius 2 is 1.38 bits per heavy atom. The number of carboxylic acid groups (broad SMARTS) is 1. The Hall–Kier alpha value is -3.66. The van der Waals surface area contributed by atoms with Crippen LogP contribution in [0, 0.1) is 0 Å². The Kier molecular flexibility index (Phi) is 5.70. The van der Waals surface area contributed by atoms with Gasteiger partial charge < -0.3 is 10.4 Å². The number of hydrogen-bond donors (Lipinski definition) is 2. The number of hydrogen-bond acceptors (Lipinski definition) is 2. The number of benzene rings is 4. The van der Waals surface area contributed by atoms with Gasteiger partial charge in [0.15, 0.2) is 0 Å². The topological polar surface area (TPSA) is 66.4 Å². The van der Waals surface area contributed by atoms with Gasteiger partial charge in [0, 0.05) is 6.42 Å². The van der Waals surface area contributed by atoms with Crippen molar-refractivity contribution in [3.05, 3.63) is 95.6 Å². The number of amides is 1. The molecule has 4 rings (SSSR count). The van der Waals surface area contributed by atoms with E-state index in [0.29, 0.717) is 5.56 Å². The normalized spacial score (nSPS) is 12.6. The van der Waals surface area contributed by atoms with Crippen molar-refractivity contribution in [2.75, 3.05) is 0 Å². The summed E-state index contributed by atoms with van der Waals surface area (Å²) in [7, 11) is 0. The van der Waals surface area contributed by atoms with Crippen molar-refractivity contribution >= 4 is 33.4 Å². The first-order valence-electron chi connectivity index (χ1n) is 10.8. The molecule has 162 valence electrons. The first-order valence-corrected chi connectivity index (χ1v) is 10.8. The van der Waals surface area contributed by atoms with Gasteiger partial charge >= 0.3 is 5.97 Å². The maximum absolute atomic E-state index is 13.4. The Labute approximate surface area is 187 Å². The highest BCUT2D eigenvalue weighted by Crippen LogP contribution is 2.29. The molecule has 0 unspecified atom stereocenters.